The third-order valence-corrected chi connectivity index (χ3v) is 3.76. The van der Waals surface area contributed by atoms with Crippen LogP contribution in [0.2, 0.25) is 0 Å². The average Bonchev–Trinajstić information content (AvgIpc) is 2.55. The van der Waals surface area contributed by atoms with E-state index >= 15 is 0 Å². The highest BCUT2D eigenvalue weighted by Crippen LogP contribution is 2.22. The lowest BCUT2D eigenvalue weighted by molar-refractivity contribution is -0.135. The van der Waals surface area contributed by atoms with Gasteiger partial charge in [-0.25, -0.2) is 0 Å². The van der Waals surface area contributed by atoms with Crippen molar-refractivity contribution in [3.8, 4) is 11.5 Å². The van der Waals surface area contributed by atoms with Gasteiger partial charge in [0.25, 0.3) is 0 Å². The third kappa shape index (κ3) is 4.85. The van der Waals surface area contributed by atoms with E-state index in [0.717, 1.165) is 17.7 Å². The molecular formula is C20H24O3. The molecule has 0 aromatic heterocycles. The van der Waals surface area contributed by atoms with Crippen LogP contribution < -0.4 is 9.47 Å². The monoisotopic (exact) mass is 312 g/mol. The van der Waals surface area contributed by atoms with E-state index in [0.29, 0.717) is 11.7 Å². The van der Waals surface area contributed by atoms with E-state index in [1.54, 1.807) is 31.4 Å². The zero-order chi connectivity index (χ0) is 16.8. The lowest BCUT2D eigenvalue weighted by Crippen LogP contribution is -2.16. The van der Waals surface area contributed by atoms with E-state index in [9.17, 15) is 4.79 Å². The van der Waals surface area contributed by atoms with Crippen LogP contribution in [0.5, 0.6) is 11.5 Å². The summed E-state index contributed by atoms with van der Waals surface area (Å²) in [5.74, 6) is 1.33. The standard InChI is InChI=1S/C20H24O3/c1-14(2)13-16-5-7-17(8-6-16)15(3)20(21)23-19-11-9-18(22-4)10-12-19/h5-12,14-15H,13H2,1-4H3/t15-/m0/s1. The Morgan fingerprint density at radius 1 is 0.913 bits per heavy atom. The van der Waals surface area contributed by atoms with Crippen molar-refractivity contribution >= 4 is 5.97 Å². The Morgan fingerprint density at radius 2 is 1.48 bits per heavy atom. The molecule has 2 rings (SSSR count). The van der Waals surface area contributed by atoms with Crippen LogP contribution in [0, 0.1) is 5.92 Å². The van der Waals surface area contributed by atoms with Gasteiger partial charge in [0.1, 0.15) is 11.5 Å². The van der Waals surface area contributed by atoms with Crippen molar-refractivity contribution in [1.82, 2.24) is 0 Å². The maximum atomic E-state index is 12.3. The van der Waals surface area contributed by atoms with E-state index < -0.39 is 0 Å². The molecule has 1 atom stereocenters. The van der Waals surface area contributed by atoms with Gasteiger partial charge in [-0.1, -0.05) is 38.1 Å². The lowest BCUT2D eigenvalue weighted by Gasteiger charge is -2.13. The Balaban J connectivity index is 2.00. The number of methoxy groups -OCH3 is 1. The van der Waals surface area contributed by atoms with Gasteiger partial charge >= 0.3 is 5.97 Å². The first-order valence-corrected chi connectivity index (χ1v) is 7.94. The van der Waals surface area contributed by atoms with Crippen LogP contribution >= 0.6 is 0 Å². The Bertz CT molecular complexity index is 627. The van der Waals surface area contributed by atoms with Crippen LogP contribution in [0.4, 0.5) is 0 Å². The molecule has 3 nitrogen and oxygen atoms in total. The van der Waals surface area contributed by atoms with Crippen molar-refractivity contribution < 1.29 is 14.3 Å². The number of carbonyl (C=O) groups excluding carboxylic acids is 1. The number of hydrogen-bond acceptors (Lipinski definition) is 3. The molecule has 0 bridgehead atoms. The Labute approximate surface area is 138 Å². The largest absolute Gasteiger partial charge is 0.497 e. The van der Waals surface area contributed by atoms with E-state index in [1.165, 1.54) is 5.56 Å². The molecule has 2 aromatic carbocycles. The summed E-state index contributed by atoms with van der Waals surface area (Å²) < 4.78 is 10.5. The number of carbonyl (C=O) groups is 1. The van der Waals surface area contributed by atoms with Gasteiger partial charge in [0.05, 0.1) is 13.0 Å². The second-order valence-electron chi connectivity index (χ2n) is 6.16. The second kappa shape index (κ2) is 7.82. The molecule has 0 radical (unpaired) electrons. The van der Waals surface area contributed by atoms with Crippen LogP contribution in [-0.4, -0.2) is 13.1 Å². The van der Waals surface area contributed by atoms with Crippen molar-refractivity contribution in [3.63, 3.8) is 0 Å². The summed E-state index contributed by atoms with van der Waals surface area (Å²) in [5, 5.41) is 0. The highest BCUT2D eigenvalue weighted by Gasteiger charge is 2.17. The first-order chi connectivity index (χ1) is 11.0. The molecule has 0 aliphatic heterocycles. The first-order valence-electron chi connectivity index (χ1n) is 7.94. The summed E-state index contributed by atoms with van der Waals surface area (Å²) in [6.07, 6.45) is 1.05. The van der Waals surface area contributed by atoms with Crippen molar-refractivity contribution in [2.45, 2.75) is 33.1 Å². The van der Waals surface area contributed by atoms with E-state index in [4.69, 9.17) is 9.47 Å². The fourth-order valence-corrected chi connectivity index (χ4v) is 2.40. The van der Waals surface area contributed by atoms with Crippen LogP contribution in [0.25, 0.3) is 0 Å². The molecule has 0 amide bonds. The zero-order valence-electron chi connectivity index (χ0n) is 14.2. The molecule has 0 aliphatic carbocycles. The summed E-state index contributed by atoms with van der Waals surface area (Å²) in [6.45, 7) is 6.26. The molecular weight excluding hydrogens is 288 g/mol. The Kier molecular flexibility index (Phi) is 5.80. The summed E-state index contributed by atoms with van der Waals surface area (Å²) in [7, 11) is 1.60. The molecule has 0 unspecified atom stereocenters. The van der Waals surface area contributed by atoms with E-state index in [1.807, 2.05) is 19.1 Å². The molecule has 0 saturated carbocycles. The number of rotatable bonds is 6. The Morgan fingerprint density at radius 3 is 2.00 bits per heavy atom. The molecule has 0 N–H and O–H groups in total. The SMILES string of the molecule is COc1ccc(OC(=O)[C@@H](C)c2ccc(CC(C)C)cc2)cc1. The fraction of sp³-hybridized carbons (Fsp3) is 0.350. The quantitative estimate of drug-likeness (QED) is 0.577. The molecule has 23 heavy (non-hydrogen) atoms. The second-order valence-corrected chi connectivity index (χ2v) is 6.16. The molecule has 0 aliphatic rings. The smallest absolute Gasteiger partial charge is 0.318 e. The van der Waals surface area contributed by atoms with Gasteiger partial charge < -0.3 is 9.47 Å². The van der Waals surface area contributed by atoms with Gasteiger partial charge in [-0.15, -0.1) is 0 Å². The van der Waals surface area contributed by atoms with E-state index in [2.05, 4.69) is 26.0 Å². The number of ether oxygens (including phenoxy) is 2. The molecule has 0 heterocycles. The average molecular weight is 312 g/mol. The molecule has 0 fully saturated rings. The van der Waals surface area contributed by atoms with E-state index in [-0.39, 0.29) is 11.9 Å². The zero-order valence-corrected chi connectivity index (χ0v) is 14.2. The topological polar surface area (TPSA) is 35.5 Å². The normalized spacial score (nSPS) is 12.0. The van der Waals surface area contributed by atoms with Crippen LogP contribution in [0.15, 0.2) is 48.5 Å². The fourth-order valence-electron chi connectivity index (χ4n) is 2.40. The Hall–Kier alpha value is -2.29. The van der Waals surface area contributed by atoms with Crippen LogP contribution in [0.1, 0.15) is 37.8 Å². The van der Waals surface area contributed by atoms with Gasteiger partial charge in [0, 0.05) is 0 Å². The third-order valence-electron chi connectivity index (χ3n) is 3.76. The predicted molar refractivity (Wildman–Crippen MR) is 92.0 cm³/mol. The predicted octanol–water partition coefficient (Wildman–Crippen LogP) is 4.60. The summed E-state index contributed by atoms with van der Waals surface area (Å²) in [5.41, 5.74) is 2.26. The van der Waals surface area contributed by atoms with Gasteiger partial charge in [-0.3, -0.25) is 4.79 Å². The van der Waals surface area contributed by atoms with Gasteiger partial charge in [-0.2, -0.15) is 0 Å². The molecule has 122 valence electrons. The van der Waals surface area contributed by atoms with Gasteiger partial charge in [-0.05, 0) is 54.7 Å². The van der Waals surface area contributed by atoms with Gasteiger partial charge in [0.15, 0.2) is 0 Å². The summed E-state index contributed by atoms with van der Waals surface area (Å²) >= 11 is 0. The van der Waals surface area contributed by atoms with Crippen LogP contribution in [-0.2, 0) is 11.2 Å². The summed E-state index contributed by atoms with van der Waals surface area (Å²) in [6, 6.07) is 15.2. The van der Waals surface area contributed by atoms with Crippen molar-refractivity contribution in [2.24, 2.45) is 5.92 Å². The van der Waals surface area contributed by atoms with Crippen molar-refractivity contribution in [3.05, 3.63) is 59.7 Å². The van der Waals surface area contributed by atoms with Crippen molar-refractivity contribution in [1.29, 1.82) is 0 Å². The lowest BCUT2D eigenvalue weighted by atomic mass is 9.97. The molecule has 3 heteroatoms. The highest BCUT2D eigenvalue weighted by molar-refractivity contribution is 5.79. The number of benzene rings is 2. The minimum absolute atomic E-state index is 0.258. The number of hydrogen-bond donors (Lipinski definition) is 0. The maximum Gasteiger partial charge on any atom is 0.318 e. The molecule has 0 saturated heterocycles. The minimum Gasteiger partial charge on any atom is -0.497 e. The van der Waals surface area contributed by atoms with Crippen molar-refractivity contribution in [2.75, 3.05) is 7.11 Å². The van der Waals surface area contributed by atoms with Gasteiger partial charge in [0.2, 0.25) is 0 Å². The first kappa shape index (κ1) is 17.1. The molecule has 2 aromatic rings. The summed E-state index contributed by atoms with van der Waals surface area (Å²) in [4.78, 5) is 12.3. The minimum atomic E-state index is -0.301. The maximum absolute atomic E-state index is 12.3. The number of esters is 1. The highest BCUT2D eigenvalue weighted by atomic mass is 16.5. The van der Waals surface area contributed by atoms with Crippen LogP contribution in [0.3, 0.4) is 0 Å². The molecule has 0 spiro atoms.